The lowest BCUT2D eigenvalue weighted by Gasteiger charge is -2.00. The Morgan fingerprint density at radius 2 is 2.25 bits per heavy atom. The van der Waals surface area contributed by atoms with Gasteiger partial charge in [-0.2, -0.15) is 5.10 Å². The van der Waals surface area contributed by atoms with E-state index in [1.165, 1.54) is 0 Å². The van der Waals surface area contributed by atoms with Gasteiger partial charge < -0.3 is 26.7 Å². The molecule has 0 bridgehead atoms. The van der Waals surface area contributed by atoms with Gasteiger partial charge in [0.25, 0.3) is 0 Å². The van der Waals surface area contributed by atoms with Gasteiger partial charge in [0.2, 0.25) is 0 Å². The molecule has 1 heterocycles. The Kier molecular flexibility index (Phi) is 7.12. The van der Waals surface area contributed by atoms with Crippen LogP contribution in [0.5, 0.6) is 0 Å². The van der Waals surface area contributed by atoms with Gasteiger partial charge in [0.05, 0.1) is 6.21 Å². The molecule has 0 aliphatic rings. The number of nitrogens with two attached hydrogens (primary N) is 1. The van der Waals surface area contributed by atoms with E-state index in [0.717, 1.165) is 22.0 Å². The molecular formula is C12H17ClN4O3. The Bertz CT molecular complexity index is 597. The van der Waals surface area contributed by atoms with Crippen molar-refractivity contribution < 1.29 is 15.4 Å². The molecule has 0 spiro atoms. The van der Waals surface area contributed by atoms with Crippen LogP contribution in [0.3, 0.4) is 0 Å². The summed E-state index contributed by atoms with van der Waals surface area (Å²) in [6.07, 6.45) is 3.09. The average Bonchev–Trinajstić information content (AvgIpc) is 2.72. The number of benzene rings is 1. The van der Waals surface area contributed by atoms with Crippen LogP contribution in [0.2, 0.25) is 0 Å². The van der Waals surface area contributed by atoms with E-state index < -0.39 is 6.09 Å². The first kappa shape index (κ1) is 17.8. The summed E-state index contributed by atoms with van der Waals surface area (Å²) < 4.78 is 0. The molecule has 0 saturated heterocycles. The predicted molar refractivity (Wildman–Crippen MR) is 80.7 cm³/mol. The average molecular weight is 301 g/mol. The fraction of sp³-hybridized carbons (Fsp3) is 0.167. The number of fused-ring (bicyclic) bond motifs is 1. The van der Waals surface area contributed by atoms with Crippen LogP contribution in [0.1, 0.15) is 11.1 Å². The van der Waals surface area contributed by atoms with E-state index in [4.69, 9.17) is 10.9 Å². The number of H-pyrrole nitrogens is 1. The summed E-state index contributed by atoms with van der Waals surface area (Å²) in [6, 6.07) is 5.83. The van der Waals surface area contributed by atoms with Gasteiger partial charge in [-0.25, -0.2) is 4.79 Å². The lowest BCUT2D eigenvalue weighted by atomic mass is 10.1. The Morgan fingerprint density at radius 1 is 1.50 bits per heavy atom. The Labute approximate surface area is 121 Å². The molecule has 7 N–H and O–H groups in total. The molecule has 8 heteroatoms. The number of hydrogen-bond donors (Lipinski definition) is 4. The van der Waals surface area contributed by atoms with Crippen LogP contribution in [0.15, 0.2) is 29.5 Å². The van der Waals surface area contributed by atoms with Crippen molar-refractivity contribution in [3.63, 3.8) is 0 Å². The van der Waals surface area contributed by atoms with Gasteiger partial charge in [-0.05, 0) is 29.7 Å². The summed E-state index contributed by atoms with van der Waals surface area (Å²) in [5, 5.41) is 15.4. The third-order valence-electron chi connectivity index (χ3n) is 2.69. The number of hydrazone groups is 1. The lowest BCUT2D eigenvalue weighted by Crippen LogP contribution is -2.23. The second kappa shape index (κ2) is 8.03. The van der Waals surface area contributed by atoms with Gasteiger partial charge in [-0.3, -0.25) is 0 Å². The number of nitrogens with one attached hydrogen (secondary N) is 2. The zero-order valence-corrected chi connectivity index (χ0v) is 11.4. The lowest BCUT2D eigenvalue weighted by molar-refractivity contribution is 0.194. The smallest absolute Gasteiger partial charge is 0.404 e. The van der Waals surface area contributed by atoms with E-state index in [2.05, 4.69) is 15.4 Å². The predicted octanol–water partition coefficient (Wildman–Crippen LogP) is 0.868. The molecule has 110 valence electrons. The van der Waals surface area contributed by atoms with Crippen LogP contribution < -0.4 is 11.2 Å². The van der Waals surface area contributed by atoms with Crippen LogP contribution in [-0.2, 0) is 6.42 Å². The quantitative estimate of drug-likeness (QED) is 0.379. The fourth-order valence-electron chi connectivity index (χ4n) is 1.87. The first-order chi connectivity index (χ1) is 8.70. The molecule has 0 saturated carbocycles. The number of aromatic nitrogens is 1. The zero-order chi connectivity index (χ0) is 13.0. The normalized spacial score (nSPS) is 10.0. The summed E-state index contributed by atoms with van der Waals surface area (Å²) in [6.45, 7) is 0.386. The number of carboxylic acid groups (broad SMARTS) is 1. The van der Waals surface area contributed by atoms with Crippen LogP contribution in [-0.4, -0.2) is 34.4 Å². The number of aromatic amines is 1. The van der Waals surface area contributed by atoms with E-state index in [-0.39, 0.29) is 17.9 Å². The maximum atomic E-state index is 10.4. The first-order valence-corrected chi connectivity index (χ1v) is 5.51. The Balaban J connectivity index is 0.00000180. The standard InChI is InChI=1S/C12H14N4O2.ClH.H2O/c13-16-6-8-1-2-11-10(5-8)9(7-15-11)3-4-14-12(17)18;;/h1-2,5-7,14-15H,3-4,13H2,(H,17,18);1H;1H2. The van der Waals surface area contributed by atoms with Crippen molar-refractivity contribution in [1.82, 2.24) is 10.3 Å². The van der Waals surface area contributed by atoms with Crippen molar-refractivity contribution in [1.29, 1.82) is 0 Å². The molecule has 0 fully saturated rings. The van der Waals surface area contributed by atoms with Gasteiger partial charge in [0, 0.05) is 23.6 Å². The number of halogens is 1. The summed E-state index contributed by atoms with van der Waals surface area (Å²) in [7, 11) is 0. The zero-order valence-electron chi connectivity index (χ0n) is 10.6. The Morgan fingerprint density at radius 3 is 2.90 bits per heavy atom. The van der Waals surface area contributed by atoms with E-state index >= 15 is 0 Å². The number of carbonyl (C=O) groups is 1. The maximum Gasteiger partial charge on any atom is 0.404 e. The highest BCUT2D eigenvalue weighted by atomic mass is 35.5. The SMILES string of the molecule is Cl.NN=Cc1ccc2[nH]cc(CCNC(=O)O)c2c1.O. The van der Waals surface area contributed by atoms with Crippen molar-refractivity contribution in [2.45, 2.75) is 6.42 Å². The van der Waals surface area contributed by atoms with Crippen molar-refractivity contribution >= 4 is 35.6 Å². The molecule has 0 aliphatic heterocycles. The fourth-order valence-corrected chi connectivity index (χ4v) is 1.87. The van der Waals surface area contributed by atoms with E-state index in [9.17, 15) is 4.79 Å². The topological polar surface area (TPSA) is 135 Å². The van der Waals surface area contributed by atoms with Crippen molar-refractivity contribution in [2.24, 2.45) is 10.9 Å². The van der Waals surface area contributed by atoms with Gasteiger partial charge in [-0.1, -0.05) is 6.07 Å². The van der Waals surface area contributed by atoms with E-state index in [1.807, 2.05) is 24.4 Å². The highest BCUT2D eigenvalue weighted by molar-refractivity contribution is 5.90. The number of nitrogens with zero attached hydrogens (tertiary/aromatic N) is 1. The first-order valence-electron chi connectivity index (χ1n) is 5.51. The molecule has 20 heavy (non-hydrogen) atoms. The molecule has 1 aromatic heterocycles. The molecule has 0 atom stereocenters. The third-order valence-corrected chi connectivity index (χ3v) is 2.69. The molecule has 7 nitrogen and oxygen atoms in total. The molecule has 0 unspecified atom stereocenters. The second-order valence-electron chi connectivity index (χ2n) is 3.88. The molecule has 0 radical (unpaired) electrons. The highest BCUT2D eigenvalue weighted by Crippen LogP contribution is 2.19. The van der Waals surface area contributed by atoms with Crippen LogP contribution >= 0.6 is 12.4 Å². The van der Waals surface area contributed by atoms with Gasteiger partial charge in [0.1, 0.15) is 0 Å². The van der Waals surface area contributed by atoms with Crippen LogP contribution in [0.25, 0.3) is 10.9 Å². The largest absolute Gasteiger partial charge is 0.465 e. The van der Waals surface area contributed by atoms with Crippen molar-refractivity contribution in [3.8, 4) is 0 Å². The summed E-state index contributed by atoms with van der Waals surface area (Å²) in [5.41, 5.74) is 2.98. The summed E-state index contributed by atoms with van der Waals surface area (Å²) in [5.74, 6) is 5.12. The molecule has 1 amide bonds. The van der Waals surface area contributed by atoms with Gasteiger partial charge >= 0.3 is 6.09 Å². The summed E-state index contributed by atoms with van der Waals surface area (Å²) >= 11 is 0. The van der Waals surface area contributed by atoms with E-state index in [1.54, 1.807) is 6.21 Å². The third kappa shape index (κ3) is 4.15. The molecule has 2 rings (SSSR count). The van der Waals surface area contributed by atoms with Crippen molar-refractivity contribution in [2.75, 3.05) is 6.54 Å². The number of rotatable bonds is 4. The summed E-state index contributed by atoms with van der Waals surface area (Å²) in [4.78, 5) is 13.5. The van der Waals surface area contributed by atoms with Crippen LogP contribution in [0, 0.1) is 0 Å². The van der Waals surface area contributed by atoms with Crippen molar-refractivity contribution in [3.05, 3.63) is 35.5 Å². The maximum absolute atomic E-state index is 10.4. The number of amides is 1. The molecule has 1 aromatic carbocycles. The van der Waals surface area contributed by atoms with Crippen LogP contribution in [0.4, 0.5) is 4.79 Å². The minimum absolute atomic E-state index is 0. The highest BCUT2D eigenvalue weighted by Gasteiger charge is 2.04. The minimum atomic E-state index is -1.01. The Hall–Kier alpha value is -2.25. The van der Waals surface area contributed by atoms with E-state index in [0.29, 0.717) is 13.0 Å². The van der Waals surface area contributed by atoms with Gasteiger partial charge in [-0.15, -0.1) is 12.4 Å². The molecule has 2 aromatic rings. The monoisotopic (exact) mass is 300 g/mol. The van der Waals surface area contributed by atoms with Gasteiger partial charge in [0.15, 0.2) is 0 Å². The minimum Gasteiger partial charge on any atom is -0.465 e. The second-order valence-corrected chi connectivity index (χ2v) is 3.88. The number of hydrogen-bond acceptors (Lipinski definition) is 3. The molecular weight excluding hydrogens is 284 g/mol. The molecule has 0 aliphatic carbocycles.